The maximum atomic E-state index is 11.9. The summed E-state index contributed by atoms with van der Waals surface area (Å²) in [5.41, 5.74) is 0. The van der Waals surface area contributed by atoms with Crippen LogP contribution in [0, 0.1) is 0 Å². The third-order valence-corrected chi connectivity index (χ3v) is 6.20. The molecule has 0 saturated heterocycles. The number of aliphatic carboxylic acids is 1. The molecule has 0 amide bonds. The van der Waals surface area contributed by atoms with E-state index in [2.05, 4.69) is 5.32 Å². The fourth-order valence-electron chi connectivity index (χ4n) is 2.68. The molecule has 2 rings (SSSR count). The van der Waals surface area contributed by atoms with E-state index < -0.39 is 16.5 Å². The van der Waals surface area contributed by atoms with Crippen LogP contribution in [0.15, 0.2) is 11.0 Å². The number of allylic oxidation sites excluding steroid dienone is 2. The van der Waals surface area contributed by atoms with E-state index in [-0.39, 0.29) is 5.78 Å². The molecule has 2 aliphatic rings. The molecule has 1 aliphatic carbocycles. The van der Waals surface area contributed by atoms with Gasteiger partial charge in [0.05, 0.1) is 0 Å². The van der Waals surface area contributed by atoms with Crippen LogP contribution in [0.3, 0.4) is 0 Å². The predicted molar refractivity (Wildman–Crippen MR) is 83.1 cm³/mol. The number of ketones is 1. The van der Waals surface area contributed by atoms with E-state index in [1.54, 1.807) is 6.08 Å². The molecule has 0 aromatic heterocycles. The Morgan fingerprint density at radius 1 is 1.10 bits per heavy atom. The van der Waals surface area contributed by atoms with Gasteiger partial charge < -0.3 is 5.11 Å². The van der Waals surface area contributed by atoms with Crippen molar-refractivity contribution in [2.24, 2.45) is 0 Å². The van der Waals surface area contributed by atoms with E-state index >= 15 is 0 Å². The van der Waals surface area contributed by atoms with Crippen molar-refractivity contribution in [1.82, 2.24) is 5.32 Å². The largest absolute Gasteiger partial charge is 0.477 e. The highest BCUT2D eigenvalue weighted by Crippen LogP contribution is 2.34. The van der Waals surface area contributed by atoms with E-state index in [9.17, 15) is 14.7 Å². The normalized spacial score (nSPS) is 26.0. The average molecular weight is 297 g/mol. The highest BCUT2D eigenvalue weighted by atomic mass is 32.2. The van der Waals surface area contributed by atoms with E-state index in [1.165, 1.54) is 0 Å². The van der Waals surface area contributed by atoms with Crippen LogP contribution in [0.4, 0.5) is 0 Å². The molecule has 0 fully saturated rings. The number of hydrogen-bond donors (Lipinski definition) is 2. The first-order valence-corrected chi connectivity index (χ1v) is 8.86. The Morgan fingerprint density at radius 2 is 1.85 bits per heavy atom. The van der Waals surface area contributed by atoms with Gasteiger partial charge in [0.1, 0.15) is 4.99 Å². The van der Waals surface area contributed by atoms with Crippen molar-refractivity contribution in [3.8, 4) is 0 Å². The molecule has 112 valence electrons. The summed E-state index contributed by atoms with van der Waals surface area (Å²) in [6.07, 6.45) is 9.51. The van der Waals surface area contributed by atoms with Gasteiger partial charge in [-0.3, -0.25) is 10.1 Å². The van der Waals surface area contributed by atoms with Gasteiger partial charge in [0.2, 0.25) is 0 Å². The number of carbonyl (C=O) groups excluding carboxylic acids is 1. The van der Waals surface area contributed by atoms with Gasteiger partial charge in [0.25, 0.3) is 0 Å². The summed E-state index contributed by atoms with van der Waals surface area (Å²) in [5.74, 6) is 0.179. The third kappa shape index (κ3) is 4.28. The number of carboxylic acids is 1. The lowest BCUT2D eigenvalue weighted by Crippen LogP contribution is -2.33. The first kappa shape index (κ1) is 15.4. The zero-order valence-corrected chi connectivity index (χ0v) is 12.6. The van der Waals surface area contributed by atoms with Gasteiger partial charge in [-0.05, 0) is 48.8 Å². The van der Waals surface area contributed by atoms with Crippen LogP contribution in [0.5, 0.6) is 0 Å². The summed E-state index contributed by atoms with van der Waals surface area (Å²) >= 11 is 0. The first-order chi connectivity index (χ1) is 9.68. The van der Waals surface area contributed by atoms with Crippen LogP contribution in [-0.2, 0) is 9.59 Å². The van der Waals surface area contributed by atoms with E-state index in [0.717, 1.165) is 62.1 Å². The molecule has 0 radical (unpaired) electrons. The molecule has 4 nitrogen and oxygen atoms in total. The Labute approximate surface area is 122 Å². The minimum Gasteiger partial charge on any atom is -0.477 e. The highest BCUT2D eigenvalue weighted by Gasteiger charge is 2.19. The summed E-state index contributed by atoms with van der Waals surface area (Å²) < 4.78 is 0. The smallest absolute Gasteiger partial charge is 0.352 e. The van der Waals surface area contributed by atoms with Crippen LogP contribution in [0.2, 0.25) is 0 Å². The SMILES string of the molecule is O=C1C=C(S2=C(C(=O)O)NCCCCC2)CCCCC1. The molecule has 0 saturated carbocycles. The highest BCUT2D eigenvalue weighted by molar-refractivity contribution is 8.20. The molecule has 0 aromatic rings. The quantitative estimate of drug-likeness (QED) is 0.769. The van der Waals surface area contributed by atoms with Crippen molar-refractivity contribution in [2.75, 3.05) is 12.3 Å². The minimum absolute atomic E-state index is 0.166. The average Bonchev–Trinajstić information content (AvgIpc) is 2.33. The molecule has 0 bridgehead atoms. The summed E-state index contributed by atoms with van der Waals surface area (Å²) in [4.78, 5) is 24.9. The van der Waals surface area contributed by atoms with Gasteiger partial charge in [-0.1, -0.05) is 12.8 Å². The van der Waals surface area contributed by atoms with Gasteiger partial charge in [0, 0.05) is 13.0 Å². The monoisotopic (exact) mass is 297 g/mol. The maximum absolute atomic E-state index is 11.9. The number of carboxylic acid groups (broad SMARTS) is 1. The van der Waals surface area contributed by atoms with Crippen molar-refractivity contribution in [3.63, 3.8) is 0 Å². The van der Waals surface area contributed by atoms with Gasteiger partial charge in [0.15, 0.2) is 5.78 Å². The van der Waals surface area contributed by atoms with Gasteiger partial charge in [-0.15, -0.1) is 10.5 Å². The fraction of sp³-hybridized carbons (Fsp3) is 0.667. The van der Waals surface area contributed by atoms with Crippen molar-refractivity contribution in [3.05, 3.63) is 11.0 Å². The lowest BCUT2D eigenvalue weighted by atomic mass is 10.1. The van der Waals surface area contributed by atoms with E-state index in [4.69, 9.17) is 0 Å². The molecule has 0 aromatic carbocycles. The molecule has 1 unspecified atom stereocenters. The molecule has 1 atom stereocenters. The topological polar surface area (TPSA) is 66.4 Å². The van der Waals surface area contributed by atoms with Crippen LogP contribution in [0.25, 0.3) is 0 Å². The Kier molecular flexibility index (Phi) is 5.98. The van der Waals surface area contributed by atoms with E-state index in [1.807, 2.05) is 0 Å². The Balaban J connectivity index is 2.35. The fourth-order valence-corrected chi connectivity index (χ4v) is 5.05. The number of hydrogen-bond acceptors (Lipinski definition) is 3. The van der Waals surface area contributed by atoms with Gasteiger partial charge in [-0.25, -0.2) is 4.79 Å². The molecular weight excluding hydrogens is 274 g/mol. The van der Waals surface area contributed by atoms with Crippen LogP contribution in [-0.4, -0.2) is 34.1 Å². The lowest BCUT2D eigenvalue weighted by molar-refractivity contribution is -0.129. The molecule has 2 N–H and O–H groups in total. The molecule has 1 aliphatic heterocycles. The second kappa shape index (κ2) is 7.74. The van der Waals surface area contributed by atoms with Crippen molar-refractivity contribution in [2.45, 2.75) is 51.4 Å². The van der Waals surface area contributed by atoms with Crippen LogP contribution < -0.4 is 5.32 Å². The second-order valence-electron chi connectivity index (χ2n) is 5.35. The summed E-state index contributed by atoms with van der Waals surface area (Å²) in [6, 6.07) is 0. The Bertz CT molecular complexity index is 454. The molecule has 5 heteroatoms. The summed E-state index contributed by atoms with van der Waals surface area (Å²) in [7, 11) is -0.421. The summed E-state index contributed by atoms with van der Waals surface area (Å²) in [5, 5.41) is 12.5. The van der Waals surface area contributed by atoms with E-state index in [0.29, 0.717) is 11.4 Å². The Morgan fingerprint density at radius 3 is 2.65 bits per heavy atom. The van der Waals surface area contributed by atoms with Crippen molar-refractivity contribution in [1.29, 1.82) is 0 Å². The first-order valence-electron chi connectivity index (χ1n) is 7.47. The molecule has 0 spiro atoms. The lowest BCUT2D eigenvalue weighted by Gasteiger charge is -2.21. The Hall–Kier alpha value is -0.940. The van der Waals surface area contributed by atoms with Crippen molar-refractivity contribution < 1.29 is 14.7 Å². The standard InChI is InChI=1S/C15H23NO3S/c17-12-7-3-1-4-8-13(11-12)20-10-6-2-5-9-16-14(20)15(18)19/h11,16H,1-10H2,(H,18,19). The van der Waals surface area contributed by atoms with Crippen molar-refractivity contribution >= 4 is 27.2 Å². The zero-order chi connectivity index (χ0) is 14.4. The van der Waals surface area contributed by atoms with Crippen LogP contribution in [0.1, 0.15) is 51.4 Å². The zero-order valence-electron chi connectivity index (χ0n) is 11.8. The number of carbonyl (C=O) groups is 2. The third-order valence-electron chi connectivity index (χ3n) is 3.74. The molecular formula is C15H23NO3S. The van der Waals surface area contributed by atoms with Crippen LogP contribution >= 0.6 is 10.5 Å². The summed E-state index contributed by atoms with van der Waals surface area (Å²) in [6.45, 7) is 0.729. The number of nitrogens with one attached hydrogen (secondary N) is 1. The maximum Gasteiger partial charge on any atom is 0.352 e. The molecule has 20 heavy (non-hydrogen) atoms. The number of rotatable bonds is 2. The van der Waals surface area contributed by atoms with Gasteiger partial charge in [-0.2, -0.15) is 0 Å². The van der Waals surface area contributed by atoms with Gasteiger partial charge >= 0.3 is 5.97 Å². The minimum atomic E-state index is -0.856. The predicted octanol–water partition coefficient (Wildman–Crippen LogP) is 2.66. The molecule has 1 heterocycles. The second-order valence-corrected chi connectivity index (χ2v) is 7.48.